The molecule has 2 rings (SSSR count). The van der Waals surface area contributed by atoms with Gasteiger partial charge in [-0.05, 0) is 35.6 Å². The first-order valence-electron chi connectivity index (χ1n) is 8.08. The summed E-state index contributed by atoms with van der Waals surface area (Å²) in [5, 5.41) is 3.04. The molecule has 0 saturated heterocycles. The quantitative estimate of drug-likeness (QED) is 0.856. The lowest BCUT2D eigenvalue weighted by atomic mass is 9.94. The van der Waals surface area contributed by atoms with Crippen molar-refractivity contribution in [2.45, 2.75) is 33.2 Å². The van der Waals surface area contributed by atoms with Gasteiger partial charge in [0.2, 0.25) is 0 Å². The molecule has 126 valence electrons. The van der Waals surface area contributed by atoms with E-state index >= 15 is 0 Å². The lowest BCUT2D eigenvalue weighted by Gasteiger charge is -2.23. The van der Waals surface area contributed by atoms with Gasteiger partial charge in [0.25, 0.3) is 11.8 Å². The number of amides is 2. The number of carbonyl (C=O) groups is 2. The molecule has 0 saturated carbocycles. The molecular formula is C19H23N3O2. The summed E-state index contributed by atoms with van der Waals surface area (Å²) in [7, 11) is 0. The van der Waals surface area contributed by atoms with E-state index in [1.54, 1.807) is 6.07 Å². The number of nitrogens with two attached hydrogens (primary N) is 1. The van der Waals surface area contributed by atoms with Crippen molar-refractivity contribution in [1.29, 1.82) is 0 Å². The third kappa shape index (κ3) is 4.19. The van der Waals surface area contributed by atoms with Crippen molar-refractivity contribution in [2.24, 2.45) is 11.7 Å². The van der Waals surface area contributed by atoms with Crippen LogP contribution in [0.15, 0.2) is 42.6 Å². The van der Waals surface area contributed by atoms with Gasteiger partial charge in [0, 0.05) is 6.20 Å². The SMILES string of the molecule is CCc1ccc(C(NC(=O)c2ccc(C(N)=O)nc2)C(C)C)cc1. The molecule has 0 aliphatic heterocycles. The Morgan fingerprint density at radius 2 is 1.79 bits per heavy atom. The zero-order valence-electron chi connectivity index (χ0n) is 14.2. The maximum Gasteiger partial charge on any atom is 0.267 e. The Labute approximate surface area is 142 Å². The Bertz CT molecular complexity index is 706. The van der Waals surface area contributed by atoms with Crippen LogP contribution in [0.1, 0.15) is 58.8 Å². The van der Waals surface area contributed by atoms with Crippen LogP contribution in [0.3, 0.4) is 0 Å². The lowest BCUT2D eigenvalue weighted by molar-refractivity contribution is 0.0923. The normalized spacial score (nSPS) is 12.0. The van der Waals surface area contributed by atoms with Gasteiger partial charge in [-0.3, -0.25) is 14.6 Å². The summed E-state index contributed by atoms with van der Waals surface area (Å²) in [5.41, 5.74) is 8.03. The van der Waals surface area contributed by atoms with Crippen LogP contribution in [0.5, 0.6) is 0 Å². The van der Waals surface area contributed by atoms with Crippen LogP contribution in [-0.2, 0) is 6.42 Å². The Hall–Kier alpha value is -2.69. The lowest BCUT2D eigenvalue weighted by Crippen LogP contribution is -2.32. The molecule has 0 aliphatic carbocycles. The highest BCUT2D eigenvalue weighted by molar-refractivity contribution is 5.95. The van der Waals surface area contributed by atoms with Crippen LogP contribution < -0.4 is 11.1 Å². The third-order valence-electron chi connectivity index (χ3n) is 3.98. The summed E-state index contributed by atoms with van der Waals surface area (Å²) < 4.78 is 0. The number of benzene rings is 1. The second-order valence-electron chi connectivity index (χ2n) is 6.09. The number of nitrogens with zero attached hydrogens (tertiary/aromatic N) is 1. The van der Waals surface area contributed by atoms with E-state index < -0.39 is 5.91 Å². The number of rotatable bonds is 6. The Kier molecular flexibility index (Phi) is 5.68. The predicted molar refractivity (Wildman–Crippen MR) is 93.6 cm³/mol. The van der Waals surface area contributed by atoms with Crippen LogP contribution in [-0.4, -0.2) is 16.8 Å². The molecule has 2 aromatic rings. The minimum absolute atomic E-state index is 0.0979. The van der Waals surface area contributed by atoms with Crippen molar-refractivity contribution in [3.05, 3.63) is 65.0 Å². The third-order valence-corrected chi connectivity index (χ3v) is 3.98. The summed E-state index contributed by atoms with van der Waals surface area (Å²) in [5.74, 6) is -0.603. The van der Waals surface area contributed by atoms with Crippen molar-refractivity contribution in [1.82, 2.24) is 10.3 Å². The van der Waals surface area contributed by atoms with Gasteiger partial charge < -0.3 is 11.1 Å². The van der Waals surface area contributed by atoms with Crippen LogP contribution in [0.2, 0.25) is 0 Å². The Morgan fingerprint density at radius 3 is 2.25 bits per heavy atom. The van der Waals surface area contributed by atoms with Crippen molar-refractivity contribution in [3.63, 3.8) is 0 Å². The summed E-state index contributed by atoms with van der Waals surface area (Å²) in [6, 6.07) is 11.2. The fourth-order valence-electron chi connectivity index (χ4n) is 2.49. The van der Waals surface area contributed by atoms with Crippen LogP contribution in [0.25, 0.3) is 0 Å². The van der Waals surface area contributed by atoms with Gasteiger partial charge in [-0.25, -0.2) is 0 Å². The molecule has 5 nitrogen and oxygen atoms in total. The summed E-state index contributed by atoms with van der Waals surface area (Å²) in [6.45, 7) is 6.24. The monoisotopic (exact) mass is 325 g/mol. The molecule has 1 aromatic carbocycles. The average Bonchev–Trinajstić information content (AvgIpc) is 2.59. The van der Waals surface area contributed by atoms with Crippen LogP contribution >= 0.6 is 0 Å². The van der Waals surface area contributed by atoms with Gasteiger partial charge in [-0.1, -0.05) is 45.0 Å². The minimum atomic E-state index is -0.613. The van der Waals surface area contributed by atoms with E-state index in [1.165, 1.54) is 17.8 Å². The van der Waals surface area contributed by atoms with Gasteiger partial charge in [0.1, 0.15) is 5.69 Å². The van der Waals surface area contributed by atoms with E-state index in [0.717, 1.165) is 12.0 Å². The molecule has 3 N–H and O–H groups in total. The standard InChI is InChI=1S/C19H23N3O2/c1-4-13-5-7-14(8-6-13)17(12(2)3)22-19(24)15-9-10-16(18(20)23)21-11-15/h5-12,17H,4H2,1-3H3,(H2,20,23)(H,22,24). The first-order valence-corrected chi connectivity index (χ1v) is 8.08. The molecule has 1 unspecified atom stereocenters. The van der Waals surface area contributed by atoms with E-state index in [4.69, 9.17) is 5.73 Å². The van der Waals surface area contributed by atoms with E-state index in [2.05, 4.69) is 55.3 Å². The average molecular weight is 325 g/mol. The molecule has 5 heteroatoms. The van der Waals surface area contributed by atoms with Crippen LogP contribution in [0.4, 0.5) is 0 Å². The number of pyridine rings is 1. The second kappa shape index (κ2) is 7.73. The van der Waals surface area contributed by atoms with Crippen molar-refractivity contribution in [2.75, 3.05) is 0 Å². The molecule has 2 amide bonds. The number of aryl methyl sites for hydroxylation is 1. The second-order valence-corrected chi connectivity index (χ2v) is 6.09. The zero-order valence-corrected chi connectivity index (χ0v) is 14.2. The van der Waals surface area contributed by atoms with Gasteiger partial charge in [-0.15, -0.1) is 0 Å². The molecule has 24 heavy (non-hydrogen) atoms. The van der Waals surface area contributed by atoms with E-state index in [9.17, 15) is 9.59 Å². The Balaban J connectivity index is 2.17. The van der Waals surface area contributed by atoms with Crippen LogP contribution in [0, 0.1) is 5.92 Å². The maximum absolute atomic E-state index is 12.5. The fraction of sp³-hybridized carbons (Fsp3) is 0.316. The zero-order chi connectivity index (χ0) is 17.7. The van der Waals surface area contributed by atoms with Gasteiger partial charge in [0.15, 0.2) is 0 Å². The number of hydrogen-bond donors (Lipinski definition) is 2. The highest BCUT2D eigenvalue weighted by Crippen LogP contribution is 2.22. The first-order chi connectivity index (χ1) is 11.4. The predicted octanol–water partition coefficient (Wildman–Crippen LogP) is 2.87. The molecule has 0 radical (unpaired) electrons. The largest absolute Gasteiger partial charge is 0.364 e. The molecule has 0 fully saturated rings. The Morgan fingerprint density at radius 1 is 1.12 bits per heavy atom. The smallest absolute Gasteiger partial charge is 0.267 e. The summed E-state index contributed by atoms with van der Waals surface area (Å²) in [4.78, 5) is 27.4. The molecule has 0 bridgehead atoms. The van der Waals surface area contributed by atoms with Crippen molar-refractivity contribution >= 4 is 11.8 Å². The fourth-order valence-corrected chi connectivity index (χ4v) is 2.49. The highest BCUT2D eigenvalue weighted by atomic mass is 16.2. The van der Waals surface area contributed by atoms with Gasteiger partial charge >= 0.3 is 0 Å². The first kappa shape index (κ1) is 17.7. The molecule has 1 heterocycles. The minimum Gasteiger partial charge on any atom is -0.364 e. The summed E-state index contributed by atoms with van der Waals surface area (Å²) >= 11 is 0. The molecule has 1 aromatic heterocycles. The maximum atomic E-state index is 12.5. The highest BCUT2D eigenvalue weighted by Gasteiger charge is 2.19. The molecular weight excluding hydrogens is 302 g/mol. The topological polar surface area (TPSA) is 85.1 Å². The number of aromatic nitrogens is 1. The van der Waals surface area contributed by atoms with Crippen molar-refractivity contribution < 1.29 is 9.59 Å². The van der Waals surface area contributed by atoms with E-state index in [0.29, 0.717) is 5.56 Å². The van der Waals surface area contributed by atoms with E-state index in [-0.39, 0.29) is 23.6 Å². The number of primary amides is 1. The number of hydrogen-bond acceptors (Lipinski definition) is 3. The molecule has 0 aliphatic rings. The molecule has 1 atom stereocenters. The number of carbonyl (C=O) groups excluding carboxylic acids is 2. The number of nitrogens with one attached hydrogen (secondary N) is 1. The summed E-state index contributed by atoms with van der Waals surface area (Å²) in [6.07, 6.45) is 2.35. The van der Waals surface area contributed by atoms with Gasteiger partial charge in [-0.2, -0.15) is 0 Å². The van der Waals surface area contributed by atoms with Crippen molar-refractivity contribution in [3.8, 4) is 0 Å². The molecule has 0 spiro atoms. The van der Waals surface area contributed by atoms with Gasteiger partial charge in [0.05, 0.1) is 11.6 Å². The van der Waals surface area contributed by atoms with E-state index in [1.807, 2.05) is 0 Å².